The van der Waals surface area contributed by atoms with Gasteiger partial charge in [0.25, 0.3) is 0 Å². The summed E-state index contributed by atoms with van der Waals surface area (Å²) in [6, 6.07) is 15.4. The first-order chi connectivity index (χ1) is 23.0. The van der Waals surface area contributed by atoms with Gasteiger partial charge in [0.05, 0.1) is 0 Å². The average molecular weight is 679 g/mol. The maximum atomic E-state index is 13.0. The predicted octanol–water partition coefficient (Wildman–Crippen LogP) is 6.67. The van der Waals surface area contributed by atoms with Crippen molar-refractivity contribution in [2.75, 3.05) is 0 Å². The van der Waals surface area contributed by atoms with Gasteiger partial charge in [0.1, 0.15) is 17.8 Å². The zero-order valence-electron chi connectivity index (χ0n) is 29.7. The molecule has 0 heterocycles. The van der Waals surface area contributed by atoms with E-state index in [1.807, 2.05) is 6.07 Å². The first-order valence-electron chi connectivity index (χ1n) is 17.6. The number of carbonyl (C=O) groups is 4. The van der Waals surface area contributed by atoms with Crippen molar-refractivity contribution in [1.29, 1.82) is 0 Å². The molecule has 2 fully saturated rings. The summed E-state index contributed by atoms with van der Waals surface area (Å²) in [4.78, 5) is 50.7. The lowest BCUT2D eigenvalue weighted by atomic mass is 9.70. The quantitative estimate of drug-likeness (QED) is 0.182. The van der Waals surface area contributed by atoms with Crippen molar-refractivity contribution < 1.29 is 38.9 Å². The van der Waals surface area contributed by atoms with Crippen LogP contribution in [0.4, 0.5) is 9.59 Å². The summed E-state index contributed by atoms with van der Waals surface area (Å²) in [5, 5.41) is 26.3. The number of aliphatic hydroxyl groups is 2. The number of hydrogen-bond donors (Lipinski definition) is 4. The third-order valence-electron chi connectivity index (χ3n) is 10.1. The van der Waals surface area contributed by atoms with Gasteiger partial charge >= 0.3 is 12.2 Å². The summed E-state index contributed by atoms with van der Waals surface area (Å²) in [5.41, 5.74) is -1.42. The molecule has 0 saturated heterocycles. The van der Waals surface area contributed by atoms with Crippen molar-refractivity contribution in [2.45, 2.75) is 122 Å². The average Bonchev–Trinajstić information content (AvgIpc) is 3.04. The fourth-order valence-electron chi connectivity index (χ4n) is 7.31. The second-order valence-corrected chi connectivity index (χ2v) is 15.3. The Kier molecular flexibility index (Phi) is 12.7. The van der Waals surface area contributed by atoms with Crippen molar-refractivity contribution in [3.8, 4) is 0 Å². The smallest absolute Gasteiger partial charge is 0.408 e. The van der Waals surface area contributed by atoms with Crippen molar-refractivity contribution in [3.63, 3.8) is 0 Å². The first kappa shape index (κ1) is 38.0. The van der Waals surface area contributed by atoms with Crippen LogP contribution in [0.5, 0.6) is 0 Å². The summed E-state index contributed by atoms with van der Waals surface area (Å²) in [6.07, 6.45) is 4.56. The summed E-state index contributed by atoms with van der Waals surface area (Å²) >= 11 is 0. The Morgan fingerprint density at radius 2 is 1.29 bits per heavy atom. The van der Waals surface area contributed by atoms with Gasteiger partial charge in [0.2, 0.25) is 5.78 Å². The van der Waals surface area contributed by atoms with Crippen LogP contribution < -0.4 is 10.6 Å². The zero-order chi connectivity index (χ0) is 35.9. The van der Waals surface area contributed by atoms with Crippen LogP contribution in [0.2, 0.25) is 0 Å². The molecule has 49 heavy (non-hydrogen) atoms. The van der Waals surface area contributed by atoms with Gasteiger partial charge in [0, 0.05) is 23.2 Å². The number of ether oxygens (including phenoxy) is 2. The van der Waals surface area contributed by atoms with Crippen LogP contribution in [-0.4, -0.2) is 57.3 Å². The van der Waals surface area contributed by atoms with E-state index < -0.39 is 35.3 Å². The highest BCUT2D eigenvalue weighted by Gasteiger charge is 2.37. The van der Waals surface area contributed by atoms with Crippen molar-refractivity contribution in [1.82, 2.24) is 10.6 Å². The molecule has 0 radical (unpaired) electrons. The second kappa shape index (κ2) is 16.3. The Bertz CT molecular complexity index is 1430. The highest BCUT2D eigenvalue weighted by Crippen LogP contribution is 2.39. The summed E-state index contributed by atoms with van der Waals surface area (Å²) < 4.78 is 11.1. The van der Waals surface area contributed by atoms with E-state index >= 15 is 0 Å². The molecule has 7 unspecified atom stereocenters. The molecule has 2 amide bonds. The Balaban J connectivity index is 1.18. The number of benzene rings is 2. The Hall–Kier alpha value is -3.76. The van der Waals surface area contributed by atoms with Gasteiger partial charge in [-0.15, -0.1) is 0 Å². The van der Waals surface area contributed by atoms with Gasteiger partial charge in [-0.25, -0.2) is 9.59 Å². The molecule has 2 aliphatic rings. The van der Waals surface area contributed by atoms with E-state index in [4.69, 9.17) is 9.47 Å². The molecule has 268 valence electrons. The SMILES string of the molecule is CC1CC(CC2CCC(NC(=O)OC(C(=O)C(C)(C)O)c3ccccc3)C(C)C2)CCC1NC(=O)OCc1ccc(C(=O)C(C)(C)O)cc1. The topological polar surface area (TPSA) is 151 Å². The molecule has 2 aliphatic carbocycles. The van der Waals surface area contributed by atoms with Gasteiger partial charge in [-0.05, 0) is 102 Å². The Morgan fingerprint density at radius 3 is 1.78 bits per heavy atom. The van der Waals surface area contributed by atoms with E-state index in [0.29, 0.717) is 28.9 Å². The lowest BCUT2D eigenvalue weighted by Crippen LogP contribution is -2.45. The molecular weight excluding hydrogens is 624 g/mol. The standard InChI is InChI=1S/C39H54N2O8/c1-24-20-27(14-18-31(24)40-36(44)48-23-26-12-16-30(17-13-26)34(42)38(3,4)46)22-28-15-19-32(25(2)21-28)41-37(45)49-33(35(43)39(5,6)47)29-10-8-7-9-11-29/h7-13,16-17,24-25,27-28,31-33,46-47H,14-15,18-23H2,1-6H3,(H,40,44)(H,41,45). The van der Waals surface area contributed by atoms with Crippen molar-refractivity contribution in [2.24, 2.45) is 23.7 Å². The summed E-state index contributed by atoms with van der Waals surface area (Å²) in [7, 11) is 0. The molecule has 7 atom stereocenters. The Morgan fingerprint density at radius 1 is 0.755 bits per heavy atom. The largest absolute Gasteiger partial charge is 0.445 e. The highest BCUT2D eigenvalue weighted by atomic mass is 16.6. The first-order valence-corrected chi connectivity index (χ1v) is 17.6. The second-order valence-electron chi connectivity index (χ2n) is 15.3. The monoisotopic (exact) mass is 678 g/mol. The van der Waals surface area contributed by atoms with Gasteiger partial charge < -0.3 is 30.3 Å². The number of Topliss-reactive ketones (excluding diaryl/α,β-unsaturated/α-hetero) is 2. The molecule has 2 aromatic rings. The number of rotatable bonds is 12. The van der Waals surface area contributed by atoms with E-state index in [1.54, 1.807) is 48.5 Å². The lowest BCUT2D eigenvalue weighted by molar-refractivity contribution is -0.143. The van der Waals surface area contributed by atoms with E-state index in [2.05, 4.69) is 24.5 Å². The molecule has 0 aliphatic heterocycles. The van der Waals surface area contributed by atoms with E-state index in [1.165, 1.54) is 27.7 Å². The maximum absolute atomic E-state index is 13.0. The van der Waals surface area contributed by atoms with Gasteiger partial charge in [-0.1, -0.05) is 68.4 Å². The van der Waals surface area contributed by atoms with E-state index in [-0.39, 0.29) is 30.4 Å². The molecular formula is C39H54N2O8. The molecule has 0 aromatic heterocycles. The molecule has 2 aromatic carbocycles. The van der Waals surface area contributed by atoms with Crippen molar-refractivity contribution in [3.05, 3.63) is 71.3 Å². The number of ketones is 2. The molecule has 0 bridgehead atoms. The summed E-state index contributed by atoms with van der Waals surface area (Å²) in [6.45, 7) is 10.1. The number of alkyl carbamates (subject to hydrolysis) is 2. The molecule has 0 spiro atoms. The lowest BCUT2D eigenvalue weighted by Gasteiger charge is -2.39. The van der Waals surface area contributed by atoms with Crippen LogP contribution in [0.1, 0.15) is 114 Å². The zero-order valence-corrected chi connectivity index (χ0v) is 29.7. The molecule has 10 heteroatoms. The number of hydrogen-bond acceptors (Lipinski definition) is 8. The minimum Gasteiger partial charge on any atom is -0.445 e. The van der Waals surface area contributed by atoms with Crippen LogP contribution in [0.25, 0.3) is 0 Å². The maximum Gasteiger partial charge on any atom is 0.408 e. The minimum absolute atomic E-state index is 0.0448. The summed E-state index contributed by atoms with van der Waals surface area (Å²) in [5.74, 6) is 0.736. The normalized spacial score (nSPS) is 25.1. The molecule has 2 saturated carbocycles. The van der Waals surface area contributed by atoms with Gasteiger partial charge in [-0.3, -0.25) is 9.59 Å². The Labute approximate surface area is 290 Å². The van der Waals surface area contributed by atoms with Crippen molar-refractivity contribution >= 4 is 23.8 Å². The predicted molar refractivity (Wildman–Crippen MR) is 186 cm³/mol. The fraction of sp³-hybridized carbons (Fsp3) is 0.590. The third kappa shape index (κ3) is 10.9. The van der Waals surface area contributed by atoms with Crippen LogP contribution in [0.3, 0.4) is 0 Å². The fourth-order valence-corrected chi connectivity index (χ4v) is 7.31. The number of nitrogens with one attached hydrogen (secondary N) is 2. The third-order valence-corrected chi connectivity index (χ3v) is 10.1. The molecule has 10 nitrogen and oxygen atoms in total. The number of amides is 2. The van der Waals surface area contributed by atoms with E-state index in [9.17, 15) is 29.4 Å². The number of carbonyl (C=O) groups excluding carboxylic acids is 4. The van der Waals surface area contributed by atoms with Crippen LogP contribution >= 0.6 is 0 Å². The van der Waals surface area contributed by atoms with Gasteiger partial charge in [0.15, 0.2) is 11.9 Å². The van der Waals surface area contributed by atoms with Crippen LogP contribution in [0, 0.1) is 23.7 Å². The molecule has 4 N–H and O–H groups in total. The highest BCUT2D eigenvalue weighted by molar-refractivity contribution is 6.01. The van der Waals surface area contributed by atoms with Crippen LogP contribution in [0.15, 0.2) is 54.6 Å². The van der Waals surface area contributed by atoms with Gasteiger partial charge in [-0.2, -0.15) is 0 Å². The molecule has 4 rings (SSSR count). The van der Waals surface area contributed by atoms with E-state index in [0.717, 1.165) is 50.5 Å². The minimum atomic E-state index is -1.65. The van der Waals surface area contributed by atoms with Crippen LogP contribution in [-0.2, 0) is 20.9 Å².